The van der Waals surface area contributed by atoms with E-state index in [-0.39, 0.29) is 46.2 Å². The van der Waals surface area contributed by atoms with E-state index in [4.69, 9.17) is 69.0 Å². The molecule has 7 aliphatic rings. The highest BCUT2D eigenvalue weighted by Gasteiger charge is 2.52. The number of fused-ring (bicyclic) bond motifs is 15. The second kappa shape index (κ2) is 34.2. The fourth-order valence-electron chi connectivity index (χ4n) is 14.3. The van der Waals surface area contributed by atoms with Crippen LogP contribution in [0.1, 0.15) is 105 Å². The molecular formula is C78H82Cl3N9O24. The average molecular weight is 1640 g/mol. The summed E-state index contributed by atoms with van der Waals surface area (Å²) in [7, 11) is 1.48. The predicted octanol–water partition coefficient (Wildman–Crippen LogP) is 4.58. The van der Waals surface area contributed by atoms with E-state index in [1.54, 1.807) is 38.1 Å². The third-order valence-corrected chi connectivity index (χ3v) is 21.1. The van der Waals surface area contributed by atoms with Crippen molar-refractivity contribution in [2.45, 2.75) is 156 Å². The Labute approximate surface area is 664 Å². The number of aromatic hydroxyl groups is 3. The maximum Gasteiger partial charge on any atom is 0.330 e. The zero-order valence-electron chi connectivity index (χ0n) is 61.2. The zero-order valence-corrected chi connectivity index (χ0v) is 63.5. The van der Waals surface area contributed by atoms with Crippen molar-refractivity contribution in [1.29, 1.82) is 0 Å². The zero-order chi connectivity index (χ0) is 82.2. The Hall–Kier alpha value is -10.6. The molecule has 33 nitrogen and oxygen atoms in total. The fraction of sp³-hybridized carbons (Fsp3) is 0.359. The smallest absolute Gasteiger partial charge is 0.330 e. The van der Waals surface area contributed by atoms with Crippen LogP contribution in [0.4, 0.5) is 5.69 Å². The molecule has 7 aliphatic heterocycles. The number of ether oxygens (including phenoxy) is 6. The van der Waals surface area contributed by atoms with Gasteiger partial charge < -0.3 is 128 Å². The highest BCUT2D eigenvalue weighted by molar-refractivity contribution is 6.32. The molecule has 0 aliphatic carbocycles. The van der Waals surface area contributed by atoms with Gasteiger partial charge in [-0.3, -0.25) is 33.6 Å². The standard InChI is InChI=1S/C78H82Cl3N9O24/c1-31(2)20-46(83-5)70(101)88-61-63(96)36-11-18-50(44(80)22-36)110-52-24-38-25-53(67(52)114-77-68(66(99)65(98)54(30-91)112-77)113-56-29-78(4,69(100)32(3)109-56)90-40-15-8-34(9-16-40)33-6-13-39(79)14-7-33)111-51-19-12-37(23-45(51)81)64(97)62-75(106)87-60(76(107)108)43-26-41(92)27-49(94)57(43)42-21-35(10-17-48(42)93)58(72(103)89-62)86-73(104)59(38)85-71(102)47(28-55(82)95)84-74(61)105/h6-19,21-27,31-32,46-47,54,56,58-66,68-69,77,83,90-94,96-100H,20,28-30H2,1-5H3,(H2,82,95)(H,84,105)(H,85,102)(H,86,104)(H,87,106)(H,88,101)(H,89,103)(H,107,108)/t32-,46+,47-,54+,56-,58+,59+,60-,61?,62-,63+,64+,65+,66-,68+,69+,77-,78-/m0/s1. The summed E-state index contributed by atoms with van der Waals surface area (Å²) >= 11 is 20.4. The van der Waals surface area contributed by atoms with Crippen molar-refractivity contribution in [3.63, 3.8) is 0 Å². The molecule has 11 bridgehead atoms. The summed E-state index contributed by atoms with van der Waals surface area (Å²) in [6.45, 7) is 5.90. The number of aliphatic hydroxyl groups is 6. The van der Waals surface area contributed by atoms with Crippen molar-refractivity contribution in [3.8, 4) is 68.2 Å². The van der Waals surface area contributed by atoms with E-state index in [1.807, 2.05) is 38.1 Å². The number of phenolic OH excluding ortho intramolecular Hbond substituents is 3. The molecule has 0 saturated carbocycles. The minimum absolute atomic E-state index is 0.107. The van der Waals surface area contributed by atoms with Crippen molar-refractivity contribution in [1.82, 2.24) is 37.2 Å². The van der Waals surface area contributed by atoms with Gasteiger partial charge in [-0.15, -0.1) is 0 Å². The normalized spacial score (nSPS) is 27.3. The number of rotatable bonds is 16. The van der Waals surface area contributed by atoms with Crippen LogP contribution in [0.25, 0.3) is 22.3 Å². The van der Waals surface area contributed by atoms with Gasteiger partial charge in [0, 0.05) is 39.9 Å². The van der Waals surface area contributed by atoms with Crippen molar-refractivity contribution in [2.75, 3.05) is 19.0 Å². The fourth-order valence-corrected chi connectivity index (χ4v) is 14.9. The molecule has 7 aromatic carbocycles. The van der Waals surface area contributed by atoms with Gasteiger partial charge in [0.1, 0.15) is 95.6 Å². The topological polar surface area (TPSA) is 517 Å². The molecule has 36 heteroatoms. The average Bonchev–Trinajstić information content (AvgIpc) is 0.742. The highest BCUT2D eigenvalue weighted by Crippen LogP contribution is 2.50. The number of benzene rings is 7. The van der Waals surface area contributed by atoms with Crippen LogP contribution in [0.5, 0.6) is 46.0 Å². The lowest BCUT2D eigenvalue weighted by Crippen LogP contribution is -2.64. The van der Waals surface area contributed by atoms with Crippen LogP contribution in [0.2, 0.25) is 15.1 Å². The minimum atomic E-state index is -2.36. The highest BCUT2D eigenvalue weighted by atomic mass is 35.5. The summed E-state index contributed by atoms with van der Waals surface area (Å²) in [5.74, 6) is -16.1. The summed E-state index contributed by atoms with van der Waals surface area (Å²) in [4.78, 5) is 118. The minimum Gasteiger partial charge on any atom is -0.508 e. The molecule has 20 N–H and O–H groups in total. The Bertz CT molecular complexity index is 4870. The van der Waals surface area contributed by atoms with Crippen molar-refractivity contribution in [2.24, 2.45) is 11.7 Å². The predicted molar refractivity (Wildman–Crippen MR) is 406 cm³/mol. The quantitative estimate of drug-likeness (QED) is 0.0629. The number of carbonyl (C=O) groups is 8. The lowest BCUT2D eigenvalue weighted by molar-refractivity contribution is -0.332. The van der Waals surface area contributed by atoms with Gasteiger partial charge in [0.05, 0.1) is 40.8 Å². The second-order valence-electron chi connectivity index (χ2n) is 28.8. The van der Waals surface area contributed by atoms with E-state index in [0.717, 1.165) is 77.9 Å². The Morgan fingerprint density at radius 3 is 1.85 bits per heavy atom. The van der Waals surface area contributed by atoms with Crippen LogP contribution in [0.15, 0.2) is 127 Å². The molecule has 114 heavy (non-hydrogen) atoms. The number of nitrogens with one attached hydrogen (secondary N) is 8. The summed E-state index contributed by atoms with van der Waals surface area (Å²) < 4.78 is 39.4. The van der Waals surface area contributed by atoms with Gasteiger partial charge in [-0.1, -0.05) is 91.1 Å². The summed E-state index contributed by atoms with van der Waals surface area (Å²) in [5, 5.41) is 137. The van der Waals surface area contributed by atoms with Gasteiger partial charge in [0.25, 0.3) is 0 Å². The van der Waals surface area contributed by atoms with E-state index >= 15 is 14.4 Å². The first-order valence-corrected chi connectivity index (χ1v) is 37.0. The number of halogens is 3. The SMILES string of the molecule is CN[C@H](CC(C)C)C(=O)NC1C(=O)N[C@@H](CC(N)=O)C(=O)N[C@H]2C(=O)N[C@H]3C(=O)N[C@H](C(=O)N[C@H](C(=O)O)c4cc(O)cc(O)c4-c4cc3ccc4O)[C@H](O)c3ccc(c(Cl)c3)Oc3cc2cc(c3O[C@@H]2O[C@H](CO)[C@@H](O)[C@H](O)[C@H]2O[C@H]2C[C@](C)(Nc3ccc(-c4ccc(Cl)cc4)cc3)[C@H](O)[C@H](C)O2)Oc2ccc(cc2Cl)[C@H]1O. The van der Waals surface area contributed by atoms with Gasteiger partial charge in [-0.05, 0) is 145 Å². The molecule has 2 fully saturated rings. The van der Waals surface area contributed by atoms with Crippen LogP contribution < -0.4 is 62.5 Å². The molecule has 7 aromatic rings. The monoisotopic (exact) mass is 1630 g/mol. The number of aliphatic carboxylic acids is 1. The second-order valence-corrected chi connectivity index (χ2v) is 30.1. The number of primary amides is 1. The van der Waals surface area contributed by atoms with Crippen molar-refractivity contribution in [3.05, 3.63) is 170 Å². The first kappa shape index (κ1) is 82.8. The number of phenols is 3. The molecule has 0 aromatic heterocycles. The Morgan fingerprint density at radius 1 is 0.658 bits per heavy atom. The Kier molecular flexibility index (Phi) is 24.8. The molecule has 18 atom stereocenters. The van der Waals surface area contributed by atoms with Crippen molar-refractivity contribution < 1.29 is 118 Å². The number of carboxylic acid groups (broad SMARTS) is 1. The molecule has 604 valence electrons. The third kappa shape index (κ3) is 17.7. The molecule has 0 radical (unpaired) electrons. The summed E-state index contributed by atoms with van der Waals surface area (Å²) in [6, 6.07) is 13.8. The number of carboxylic acids is 1. The number of aliphatic hydroxyl groups excluding tert-OH is 6. The number of hydrogen-bond donors (Lipinski definition) is 19. The summed E-state index contributed by atoms with van der Waals surface area (Å²) in [5.41, 5.74) is 3.88. The number of likely N-dealkylation sites (N-methyl/N-ethyl adjacent to an activating group) is 1. The van der Waals surface area contributed by atoms with Gasteiger partial charge in [-0.2, -0.15) is 0 Å². The molecule has 7 amide bonds. The van der Waals surface area contributed by atoms with Crippen LogP contribution in [-0.4, -0.2) is 191 Å². The summed E-state index contributed by atoms with van der Waals surface area (Å²) in [6.07, 6.45) is -18.8. The maximum atomic E-state index is 16.2. The van der Waals surface area contributed by atoms with E-state index in [0.29, 0.717) is 10.7 Å². The largest absolute Gasteiger partial charge is 0.508 e. The Morgan fingerprint density at radius 2 is 1.25 bits per heavy atom. The Balaban J connectivity index is 1.05. The first-order chi connectivity index (χ1) is 54.1. The number of hydrogen-bond acceptors (Lipinski definition) is 25. The van der Waals surface area contributed by atoms with Crippen LogP contribution in [-0.2, 0) is 52.6 Å². The van der Waals surface area contributed by atoms with Gasteiger partial charge in [0.2, 0.25) is 53.4 Å². The van der Waals surface area contributed by atoms with Crippen LogP contribution in [0, 0.1) is 5.92 Å². The molecular weight excluding hydrogens is 1550 g/mol. The molecule has 7 heterocycles. The van der Waals surface area contributed by atoms with Gasteiger partial charge in [0.15, 0.2) is 29.9 Å². The molecule has 14 rings (SSSR count). The van der Waals surface area contributed by atoms with Gasteiger partial charge in [-0.25, -0.2) is 4.79 Å². The lowest BCUT2D eigenvalue weighted by Gasteiger charge is -2.48. The van der Waals surface area contributed by atoms with E-state index in [9.17, 15) is 75.0 Å². The maximum absolute atomic E-state index is 16.2. The van der Waals surface area contributed by atoms with Crippen LogP contribution in [0.3, 0.4) is 0 Å². The van der Waals surface area contributed by atoms with Gasteiger partial charge >= 0.3 is 5.97 Å². The number of anilines is 1. The van der Waals surface area contributed by atoms with E-state index < -0.39 is 237 Å². The van der Waals surface area contributed by atoms with E-state index in [2.05, 4.69) is 42.5 Å². The lowest BCUT2D eigenvalue weighted by atomic mass is 9.84. The van der Waals surface area contributed by atoms with E-state index in [1.165, 1.54) is 19.2 Å². The number of amides is 7. The van der Waals surface area contributed by atoms with Crippen molar-refractivity contribution >= 4 is 87.8 Å². The third-order valence-electron chi connectivity index (χ3n) is 20.2. The van der Waals surface area contributed by atoms with Crippen LogP contribution >= 0.6 is 34.8 Å². The molecule has 2 saturated heterocycles. The molecule has 0 spiro atoms. The number of carbonyl (C=O) groups excluding carboxylic acids is 7. The molecule has 1 unspecified atom stereocenters. The first-order valence-electron chi connectivity index (χ1n) is 35.9. The number of nitrogens with two attached hydrogens (primary N) is 1.